The first-order chi connectivity index (χ1) is 8.22. The van der Waals surface area contributed by atoms with E-state index in [-0.39, 0.29) is 0 Å². The fourth-order valence-electron chi connectivity index (χ4n) is 2.93. The van der Waals surface area contributed by atoms with Crippen molar-refractivity contribution in [3.63, 3.8) is 0 Å². The summed E-state index contributed by atoms with van der Waals surface area (Å²) in [4.78, 5) is 2.27. The molecular weight excluding hydrogens is 208 g/mol. The van der Waals surface area contributed by atoms with Gasteiger partial charge in [-0.05, 0) is 37.3 Å². The summed E-state index contributed by atoms with van der Waals surface area (Å²) in [6.45, 7) is 3.17. The van der Waals surface area contributed by atoms with Crippen LogP contribution >= 0.6 is 0 Å². The Bertz CT molecular complexity index is 425. The molecular formula is C15H20N2. The number of anilines is 1. The van der Waals surface area contributed by atoms with Crippen molar-refractivity contribution in [2.24, 2.45) is 5.92 Å². The van der Waals surface area contributed by atoms with Crippen LogP contribution in [0, 0.1) is 24.2 Å². The number of aryl methyl sites for hydroxylation is 1. The Kier molecular flexibility index (Phi) is 3.68. The van der Waals surface area contributed by atoms with E-state index < -0.39 is 0 Å². The summed E-state index contributed by atoms with van der Waals surface area (Å²) in [5, 5.41) is 9.18. The van der Waals surface area contributed by atoms with Gasteiger partial charge in [0.1, 0.15) is 6.07 Å². The molecule has 0 radical (unpaired) electrons. The summed E-state index contributed by atoms with van der Waals surface area (Å²) >= 11 is 0. The fourth-order valence-corrected chi connectivity index (χ4v) is 2.93. The lowest BCUT2D eigenvalue weighted by atomic mass is 10.0. The molecule has 0 aromatic heterocycles. The van der Waals surface area contributed by atoms with E-state index in [0.717, 1.165) is 23.7 Å². The van der Waals surface area contributed by atoms with Crippen LogP contribution < -0.4 is 4.90 Å². The second kappa shape index (κ2) is 5.23. The lowest BCUT2D eigenvalue weighted by Crippen LogP contribution is -2.25. The molecule has 0 aliphatic heterocycles. The highest BCUT2D eigenvalue weighted by molar-refractivity contribution is 5.63. The van der Waals surface area contributed by atoms with Crippen LogP contribution in [0.4, 0.5) is 5.69 Å². The Labute approximate surface area is 104 Å². The normalized spacial score (nSPS) is 15.8. The van der Waals surface area contributed by atoms with Crippen molar-refractivity contribution in [3.05, 3.63) is 29.3 Å². The average Bonchev–Trinajstić information content (AvgIpc) is 2.81. The minimum absolute atomic E-state index is 0.797. The van der Waals surface area contributed by atoms with Crippen LogP contribution in [0.25, 0.3) is 0 Å². The molecule has 0 spiro atoms. The quantitative estimate of drug-likeness (QED) is 0.791. The van der Waals surface area contributed by atoms with Gasteiger partial charge in [-0.1, -0.05) is 25.0 Å². The number of para-hydroxylation sites is 1. The zero-order valence-corrected chi connectivity index (χ0v) is 10.7. The molecule has 2 rings (SSSR count). The number of nitriles is 1. The van der Waals surface area contributed by atoms with E-state index in [1.54, 1.807) is 0 Å². The van der Waals surface area contributed by atoms with Crippen molar-refractivity contribution in [2.75, 3.05) is 18.5 Å². The van der Waals surface area contributed by atoms with E-state index >= 15 is 0 Å². The van der Waals surface area contributed by atoms with Crippen molar-refractivity contribution in [1.29, 1.82) is 5.26 Å². The third-order valence-corrected chi connectivity index (χ3v) is 3.75. The number of nitrogens with zero attached hydrogens (tertiary/aromatic N) is 2. The molecule has 2 heteroatoms. The molecule has 1 fully saturated rings. The Morgan fingerprint density at radius 2 is 2.06 bits per heavy atom. The summed E-state index contributed by atoms with van der Waals surface area (Å²) < 4.78 is 0. The van der Waals surface area contributed by atoms with Crippen LogP contribution in [0.3, 0.4) is 0 Å². The van der Waals surface area contributed by atoms with Gasteiger partial charge in [-0.2, -0.15) is 5.26 Å². The summed E-state index contributed by atoms with van der Waals surface area (Å²) in [6.07, 6.45) is 5.44. The molecule has 0 bridgehead atoms. The Hall–Kier alpha value is -1.49. The lowest BCUT2D eigenvalue weighted by molar-refractivity contribution is 0.546. The van der Waals surface area contributed by atoms with Gasteiger partial charge in [0, 0.05) is 13.6 Å². The standard InChI is InChI=1S/C15H20N2/c1-12-6-5-9-14(10-16)15(12)17(2)11-13-7-3-4-8-13/h5-6,9,13H,3-4,7-8,11H2,1-2H3. The average molecular weight is 228 g/mol. The molecule has 2 nitrogen and oxygen atoms in total. The predicted molar refractivity (Wildman–Crippen MR) is 71.1 cm³/mol. The first kappa shape index (κ1) is 12.0. The maximum Gasteiger partial charge on any atom is 0.101 e. The van der Waals surface area contributed by atoms with Gasteiger partial charge in [-0.25, -0.2) is 0 Å². The van der Waals surface area contributed by atoms with Crippen molar-refractivity contribution >= 4 is 5.69 Å². The molecule has 0 atom stereocenters. The Morgan fingerprint density at radius 3 is 2.71 bits per heavy atom. The summed E-state index contributed by atoms with van der Waals surface area (Å²) in [5.41, 5.74) is 3.11. The second-order valence-corrected chi connectivity index (χ2v) is 5.11. The zero-order valence-electron chi connectivity index (χ0n) is 10.7. The molecule has 1 aromatic carbocycles. The van der Waals surface area contributed by atoms with Gasteiger partial charge in [0.2, 0.25) is 0 Å². The molecule has 0 unspecified atom stereocenters. The van der Waals surface area contributed by atoms with Gasteiger partial charge in [0.25, 0.3) is 0 Å². The van der Waals surface area contributed by atoms with Crippen LogP contribution in [-0.4, -0.2) is 13.6 Å². The highest BCUT2D eigenvalue weighted by Gasteiger charge is 2.19. The molecule has 17 heavy (non-hydrogen) atoms. The van der Waals surface area contributed by atoms with Crippen molar-refractivity contribution < 1.29 is 0 Å². The molecule has 0 N–H and O–H groups in total. The minimum atomic E-state index is 0.797. The summed E-state index contributed by atoms with van der Waals surface area (Å²) in [5.74, 6) is 0.811. The number of hydrogen-bond donors (Lipinski definition) is 0. The van der Waals surface area contributed by atoms with Crippen molar-refractivity contribution in [2.45, 2.75) is 32.6 Å². The van der Waals surface area contributed by atoms with Gasteiger partial charge >= 0.3 is 0 Å². The fraction of sp³-hybridized carbons (Fsp3) is 0.533. The van der Waals surface area contributed by atoms with E-state index in [4.69, 9.17) is 0 Å². The van der Waals surface area contributed by atoms with Gasteiger partial charge in [-0.15, -0.1) is 0 Å². The molecule has 0 heterocycles. The van der Waals surface area contributed by atoms with Crippen LogP contribution in [0.2, 0.25) is 0 Å². The maximum absolute atomic E-state index is 9.18. The third kappa shape index (κ3) is 2.61. The van der Waals surface area contributed by atoms with Crippen LogP contribution in [0.15, 0.2) is 18.2 Å². The largest absolute Gasteiger partial charge is 0.373 e. The second-order valence-electron chi connectivity index (χ2n) is 5.11. The zero-order chi connectivity index (χ0) is 12.3. The van der Waals surface area contributed by atoms with Crippen molar-refractivity contribution in [3.8, 4) is 6.07 Å². The molecule has 1 aromatic rings. The molecule has 1 saturated carbocycles. The van der Waals surface area contributed by atoms with E-state index in [2.05, 4.69) is 31.0 Å². The number of hydrogen-bond acceptors (Lipinski definition) is 2. The number of benzene rings is 1. The maximum atomic E-state index is 9.18. The van der Waals surface area contributed by atoms with E-state index in [1.807, 2.05) is 12.1 Å². The molecule has 1 aliphatic rings. The summed E-state index contributed by atoms with van der Waals surface area (Å²) in [7, 11) is 2.11. The van der Waals surface area contributed by atoms with E-state index in [1.165, 1.54) is 31.2 Å². The van der Waals surface area contributed by atoms with Gasteiger partial charge in [-0.3, -0.25) is 0 Å². The van der Waals surface area contributed by atoms with Crippen LogP contribution in [-0.2, 0) is 0 Å². The Morgan fingerprint density at radius 1 is 1.35 bits per heavy atom. The predicted octanol–water partition coefficient (Wildman–Crippen LogP) is 3.49. The smallest absolute Gasteiger partial charge is 0.101 e. The first-order valence-corrected chi connectivity index (χ1v) is 6.43. The monoisotopic (exact) mass is 228 g/mol. The van der Waals surface area contributed by atoms with E-state index in [0.29, 0.717) is 0 Å². The SMILES string of the molecule is Cc1cccc(C#N)c1N(C)CC1CCCC1. The van der Waals surface area contributed by atoms with Gasteiger partial charge < -0.3 is 4.90 Å². The molecule has 0 saturated heterocycles. The highest BCUT2D eigenvalue weighted by Crippen LogP contribution is 2.29. The van der Waals surface area contributed by atoms with Gasteiger partial charge in [0.05, 0.1) is 11.3 Å². The number of rotatable bonds is 3. The lowest BCUT2D eigenvalue weighted by Gasteiger charge is -2.25. The highest BCUT2D eigenvalue weighted by atomic mass is 15.1. The molecule has 0 amide bonds. The molecule has 1 aliphatic carbocycles. The van der Waals surface area contributed by atoms with Crippen LogP contribution in [0.1, 0.15) is 36.8 Å². The third-order valence-electron chi connectivity index (χ3n) is 3.75. The van der Waals surface area contributed by atoms with Crippen LogP contribution in [0.5, 0.6) is 0 Å². The van der Waals surface area contributed by atoms with E-state index in [9.17, 15) is 5.26 Å². The first-order valence-electron chi connectivity index (χ1n) is 6.43. The minimum Gasteiger partial charge on any atom is -0.373 e. The molecule has 90 valence electrons. The Balaban J connectivity index is 2.18. The summed E-state index contributed by atoms with van der Waals surface area (Å²) in [6, 6.07) is 8.25. The van der Waals surface area contributed by atoms with Gasteiger partial charge in [0.15, 0.2) is 0 Å². The van der Waals surface area contributed by atoms with Crippen molar-refractivity contribution in [1.82, 2.24) is 0 Å². The topological polar surface area (TPSA) is 27.0 Å².